The molecule has 0 amide bonds. The summed E-state index contributed by atoms with van der Waals surface area (Å²) in [7, 11) is -0.0840. The van der Waals surface area contributed by atoms with Crippen LogP contribution in [0.4, 0.5) is 0 Å². The Labute approximate surface area is 253 Å². The summed E-state index contributed by atoms with van der Waals surface area (Å²) >= 11 is 0. The van der Waals surface area contributed by atoms with E-state index >= 15 is 0 Å². The highest BCUT2D eigenvalue weighted by molar-refractivity contribution is 7.88. The first-order valence-corrected chi connectivity index (χ1v) is 16.1. The van der Waals surface area contributed by atoms with Crippen molar-refractivity contribution in [2.45, 2.75) is 4.90 Å². The average molecular weight is 615 g/mol. The van der Waals surface area contributed by atoms with E-state index in [1.807, 2.05) is 84.9 Å². The molecule has 0 aliphatic carbocycles. The van der Waals surface area contributed by atoms with Gasteiger partial charge in [-0.05, 0) is 49.4 Å². The van der Waals surface area contributed by atoms with E-state index < -0.39 is 18.0 Å². The maximum atomic E-state index is 12.9. The van der Waals surface area contributed by atoms with Gasteiger partial charge in [-0.25, -0.2) is 0 Å². The topological polar surface area (TPSA) is 91.3 Å². The molecule has 0 aliphatic rings. The molecule has 0 aromatic heterocycles. The predicted molar refractivity (Wildman–Crippen MR) is 172 cm³/mol. The van der Waals surface area contributed by atoms with E-state index in [-0.39, 0.29) is 4.90 Å². The zero-order valence-corrected chi connectivity index (χ0v) is 25.9. The minimum absolute atomic E-state index is 0.199. The first-order valence-electron chi connectivity index (χ1n) is 13.3. The first-order chi connectivity index (χ1) is 20.8. The van der Waals surface area contributed by atoms with Crippen LogP contribution in [0.3, 0.4) is 0 Å². The Kier molecular flexibility index (Phi) is 9.02. The van der Waals surface area contributed by atoms with Crippen LogP contribution in [0, 0.1) is 0 Å². The van der Waals surface area contributed by atoms with Gasteiger partial charge < -0.3 is 18.9 Å². The van der Waals surface area contributed by atoms with Crippen LogP contribution in [-0.4, -0.2) is 41.4 Å². The van der Waals surface area contributed by atoms with Crippen LogP contribution in [-0.2, 0) is 10.1 Å². The van der Waals surface area contributed by atoms with Crippen molar-refractivity contribution < 1.29 is 31.9 Å². The molecule has 0 fully saturated rings. The van der Waals surface area contributed by atoms with E-state index in [4.69, 9.17) is 18.9 Å². The average Bonchev–Trinajstić information content (AvgIpc) is 3.04. The van der Waals surface area contributed by atoms with Crippen LogP contribution in [0.25, 0.3) is 22.3 Å². The van der Waals surface area contributed by atoms with Gasteiger partial charge in [0.2, 0.25) is 0 Å². The lowest BCUT2D eigenvalue weighted by Gasteiger charge is -2.29. The molecule has 5 aromatic rings. The van der Waals surface area contributed by atoms with E-state index in [1.54, 1.807) is 46.6 Å². The van der Waals surface area contributed by atoms with Gasteiger partial charge >= 0.3 is 0 Å². The maximum absolute atomic E-state index is 12.9. The quantitative estimate of drug-likeness (QED) is 0.151. The van der Waals surface area contributed by atoms with Crippen molar-refractivity contribution in [2.24, 2.45) is 0 Å². The van der Waals surface area contributed by atoms with Crippen molar-refractivity contribution >= 4 is 34.0 Å². The third-order valence-electron chi connectivity index (χ3n) is 7.06. The molecule has 0 saturated carbocycles. The molecule has 0 heterocycles. The molecule has 1 atom stereocenters. The summed E-state index contributed by atoms with van der Waals surface area (Å²) in [5.41, 5.74) is 3.24. The molecule has 5 rings (SSSR count). The highest BCUT2D eigenvalue weighted by Crippen LogP contribution is 2.48. The van der Waals surface area contributed by atoms with Crippen LogP contribution < -0.4 is 34.9 Å². The van der Waals surface area contributed by atoms with Crippen LogP contribution in [0.2, 0.25) is 0 Å². The van der Waals surface area contributed by atoms with E-state index in [0.29, 0.717) is 33.6 Å². The summed E-state index contributed by atoms with van der Waals surface area (Å²) in [5, 5.41) is 1.85. The minimum Gasteiger partial charge on any atom is -0.496 e. The third kappa shape index (κ3) is 5.82. The highest BCUT2D eigenvalue weighted by Gasteiger charge is 2.34. The van der Waals surface area contributed by atoms with Crippen LogP contribution in [0.5, 0.6) is 23.0 Å². The number of rotatable bonds is 10. The number of ether oxygens (including phenoxy) is 4. The summed E-state index contributed by atoms with van der Waals surface area (Å²) in [6, 6.07) is 33.2. The fourth-order valence-electron chi connectivity index (χ4n) is 5.22. The zero-order chi connectivity index (χ0) is 30.6. The molecule has 0 aliphatic heterocycles. The van der Waals surface area contributed by atoms with Gasteiger partial charge in [-0.3, -0.25) is 4.55 Å². The second-order valence-corrected chi connectivity index (χ2v) is 12.8. The molecule has 0 saturated heterocycles. The van der Waals surface area contributed by atoms with Crippen LogP contribution in [0.15, 0.2) is 114 Å². The van der Waals surface area contributed by atoms with Gasteiger partial charge in [0.1, 0.15) is 27.9 Å². The number of hydrogen-bond acceptors (Lipinski definition) is 6. The standard InChI is InChI=1S/C34H31O7PS/c1-38-27-17-7-5-13-23(27)25-15-11-16-26(24-14-6-8-18-28(24)39-2)33(25)42(31-21-9-10-22-32(31)43(35,36)37)34-29(40-3)19-12-20-30(34)41-4/h5-22H,1-4H3,(H,35,36,37). The number of hydrogen-bond donors (Lipinski definition) is 1. The van der Waals surface area contributed by atoms with Gasteiger partial charge in [0.05, 0.1) is 33.7 Å². The molecule has 0 radical (unpaired) electrons. The fraction of sp³-hybridized carbons (Fsp3) is 0.118. The Hall–Kier alpha value is -4.36. The Morgan fingerprint density at radius 3 is 1.37 bits per heavy atom. The Bertz CT molecular complexity index is 1780. The van der Waals surface area contributed by atoms with Gasteiger partial charge in [0, 0.05) is 21.7 Å². The minimum atomic E-state index is -4.63. The Morgan fingerprint density at radius 2 is 0.884 bits per heavy atom. The summed E-state index contributed by atoms with van der Waals surface area (Å²) < 4.78 is 59.7. The molecule has 9 heteroatoms. The van der Waals surface area contributed by atoms with Gasteiger partial charge in [0.25, 0.3) is 10.1 Å². The Balaban J connectivity index is 2.04. The van der Waals surface area contributed by atoms with E-state index in [0.717, 1.165) is 27.6 Å². The molecule has 7 nitrogen and oxygen atoms in total. The van der Waals surface area contributed by atoms with Gasteiger partial charge in [0.15, 0.2) is 0 Å². The molecule has 1 unspecified atom stereocenters. The molecule has 220 valence electrons. The number of para-hydroxylation sites is 2. The van der Waals surface area contributed by atoms with Crippen molar-refractivity contribution in [2.75, 3.05) is 28.4 Å². The summed E-state index contributed by atoms with van der Waals surface area (Å²) in [6.07, 6.45) is 0. The van der Waals surface area contributed by atoms with Crippen molar-refractivity contribution in [1.82, 2.24) is 0 Å². The molecular weight excluding hydrogens is 583 g/mol. The van der Waals surface area contributed by atoms with Gasteiger partial charge in [-0.15, -0.1) is 0 Å². The normalized spacial score (nSPS) is 11.9. The molecular formula is C34H31O7PS. The zero-order valence-electron chi connectivity index (χ0n) is 24.1. The molecule has 1 N–H and O–H groups in total. The van der Waals surface area contributed by atoms with E-state index in [2.05, 4.69) is 0 Å². The molecule has 5 aromatic carbocycles. The van der Waals surface area contributed by atoms with Crippen molar-refractivity contribution in [3.05, 3.63) is 109 Å². The summed E-state index contributed by atoms with van der Waals surface area (Å²) in [5.74, 6) is 2.31. The maximum Gasteiger partial charge on any atom is 0.295 e. The third-order valence-corrected chi connectivity index (χ3v) is 10.8. The smallest absolute Gasteiger partial charge is 0.295 e. The van der Waals surface area contributed by atoms with Crippen LogP contribution >= 0.6 is 7.92 Å². The first kappa shape index (κ1) is 30.1. The monoisotopic (exact) mass is 614 g/mol. The summed E-state index contributed by atoms with van der Waals surface area (Å²) in [4.78, 5) is -0.199. The van der Waals surface area contributed by atoms with E-state index in [9.17, 15) is 13.0 Å². The summed E-state index contributed by atoms with van der Waals surface area (Å²) in [6.45, 7) is 0. The second kappa shape index (κ2) is 12.9. The highest BCUT2D eigenvalue weighted by atomic mass is 32.2. The van der Waals surface area contributed by atoms with E-state index in [1.165, 1.54) is 6.07 Å². The molecule has 43 heavy (non-hydrogen) atoms. The lowest BCUT2D eigenvalue weighted by Crippen LogP contribution is -2.29. The SMILES string of the molecule is COc1ccccc1-c1cccc(-c2ccccc2OC)c1P(c1ccccc1S(=O)(=O)O)c1c(OC)cccc1OC. The van der Waals surface area contributed by atoms with Gasteiger partial charge in [-0.2, -0.15) is 8.42 Å². The Morgan fingerprint density at radius 1 is 0.488 bits per heavy atom. The largest absolute Gasteiger partial charge is 0.496 e. The van der Waals surface area contributed by atoms with Gasteiger partial charge in [-0.1, -0.05) is 78.9 Å². The van der Waals surface area contributed by atoms with Crippen molar-refractivity contribution in [3.8, 4) is 45.3 Å². The predicted octanol–water partition coefficient (Wildman–Crippen LogP) is 6.06. The lowest BCUT2D eigenvalue weighted by molar-refractivity contribution is 0.401. The fourth-order valence-corrected chi connectivity index (χ4v) is 9.30. The van der Waals surface area contributed by atoms with Crippen molar-refractivity contribution in [3.63, 3.8) is 0 Å². The van der Waals surface area contributed by atoms with Crippen molar-refractivity contribution in [1.29, 1.82) is 0 Å². The second-order valence-electron chi connectivity index (χ2n) is 9.39. The number of methoxy groups -OCH3 is 4. The molecule has 0 bridgehead atoms. The number of benzene rings is 5. The van der Waals surface area contributed by atoms with Crippen LogP contribution in [0.1, 0.15) is 0 Å². The lowest BCUT2D eigenvalue weighted by atomic mass is 9.97. The molecule has 0 spiro atoms.